The number of aryl methyl sites for hydroxylation is 3. The fourth-order valence-electron chi connectivity index (χ4n) is 5.25. The van der Waals surface area contributed by atoms with Crippen LogP contribution in [0.5, 0.6) is 0 Å². The number of hydrogen-bond acceptors (Lipinski definition) is 0. The number of hydrogen-bond donors (Lipinski definition) is 0. The van der Waals surface area contributed by atoms with Crippen LogP contribution in [-0.2, 0) is 19.3 Å². The SMILES string of the molecule is CCCc1ccc(CC[C@H]2CC[C@H](CCc3ccc(-c4ccc(Cl)c(F)c4)cc3)CC2)cc1. The molecule has 0 atom stereocenters. The maximum Gasteiger partial charge on any atom is 0.142 e. The van der Waals surface area contributed by atoms with Gasteiger partial charge in [0.2, 0.25) is 0 Å². The first-order valence-electron chi connectivity index (χ1n) is 12.7. The maximum atomic E-state index is 13.7. The van der Waals surface area contributed by atoms with Crippen LogP contribution in [0.2, 0.25) is 5.02 Å². The molecule has 1 saturated carbocycles. The third-order valence-corrected chi connectivity index (χ3v) is 7.72. The average molecular weight is 463 g/mol. The summed E-state index contributed by atoms with van der Waals surface area (Å²) in [6, 6.07) is 22.9. The van der Waals surface area contributed by atoms with Gasteiger partial charge >= 0.3 is 0 Å². The molecule has 0 bridgehead atoms. The Balaban J connectivity index is 1.18. The van der Waals surface area contributed by atoms with E-state index in [-0.39, 0.29) is 10.8 Å². The first kappa shape index (κ1) is 24.0. The van der Waals surface area contributed by atoms with Crippen molar-refractivity contribution >= 4 is 11.6 Å². The van der Waals surface area contributed by atoms with E-state index < -0.39 is 0 Å². The van der Waals surface area contributed by atoms with E-state index in [1.165, 1.54) is 80.5 Å². The lowest BCUT2D eigenvalue weighted by Gasteiger charge is -2.28. The minimum atomic E-state index is -0.362. The summed E-state index contributed by atoms with van der Waals surface area (Å²) in [6.07, 6.45) is 12.9. The van der Waals surface area contributed by atoms with Crippen molar-refractivity contribution in [2.75, 3.05) is 0 Å². The largest absolute Gasteiger partial charge is 0.205 e. The molecule has 0 saturated heterocycles. The van der Waals surface area contributed by atoms with Crippen LogP contribution in [0.15, 0.2) is 66.7 Å². The monoisotopic (exact) mass is 462 g/mol. The van der Waals surface area contributed by atoms with Gasteiger partial charge in [0, 0.05) is 0 Å². The molecular weight excluding hydrogens is 427 g/mol. The number of halogens is 2. The molecule has 2 heteroatoms. The zero-order valence-electron chi connectivity index (χ0n) is 19.8. The minimum absolute atomic E-state index is 0.172. The normalized spacial score (nSPS) is 18.4. The molecule has 3 aromatic carbocycles. The van der Waals surface area contributed by atoms with Gasteiger partial charge in [0.1, 0.15) is 5.82 Å². The Labute approximate surface area is 204 Å². The molecule has 4 rings (SSSR count). The number of benzene rings is 3. The van der Waals surface area contributed by atoms with E-state index in [1.807, 2.05) is 6.07 Å². The van der Waals surface area contributed by atoms with Gasteiger partial charge in [0.15, 0.2) is 0 Å². The van der Waals surface area contributed by atoms with Crippen molar-refractivity contribution in [3.05, 3.63) is 94.3 Å². The van der Waals surface area contributed by atoms with E-state index in [0.29, 0.717) is 0 Å². The van der Waals surface area contributed by atoms with Crippen LogP contribution in [0, 0.1) is 17.7 Å². The first-order chi connectivity index (χ1) is 16.1. The predicted molar refractivity (Wildman–Crippen MR) is 139 cm³/mol. The van der Waals surface area contributed by atoms with Crippen LogP contribution in [-0.4, -0.2) is 0 Å². The van der Waals surface area contributed by atoms with Crippen molar-refractivity contribution < 1.29 is 4.39 Å². The second-order valence-electron chi connectivity index (χ2n) is 9.86. The van der Waals surface area contributed by atoms with Crippen molar-refractivity contribution in [2.24, 2.45) is 11.8 Å². The molecule has 0 aromatic heterocycles. The Hall–Kier alpha value is -2.12. The highest BCUT2D eigenvalue weighted by molar-refractivity contribution is 6.30. The summed E-state index contributed by atoms with van der Waals surface area (Å²) < 4.78 is 13.7. The Kier molecular flexibility index (Phi) is 8.62. The minimum Gasteiger partial charge on any atom is -0.205 e. The smallest absolute Gasteiger partial charge is 0.142 e. The second-order valence-corrected chi connectivity index (χ2v) is 10.3. The van der Waals surface area contributed by atoms with E-state index in [1.54, 1.807) is 6.07 Å². The summed E-state index contributed by atoms with van der Waals surface area (Å²) in [4.78, 5) is 0. The van der Waals surface area contributed by atoms with Crippen molar-refractivity contribution in [3.63, 3.8) is 0 Å². The third kappa shape index (κ3) is 6.93. The van der Waals surface area contributed by atoms with E-state index >= 15 is 0 Å². The van der Waals surface area contributed by atoms with Crippen molar-refractivity contribution in [2.45, 2.75) is 71.1 Å². The van der Waals surface area contributed by atoms with Gasteiger partial charge in [-0.05, 0) is 83.9 Å². The summed E-state index contributed by atoms with van der Waals surface area (Å²) in [5.41, 5.74) is 6.26. The van der Waals surface area contributed by atoms with Gasteiger partial charge in [-0.2, -0.15) is 0 Å². The summed E-state index contributed by atoms with van der Waals surface area (Å²) >= 11 is 5.80. The van der Waals surface area contributed by atoms with Gasteiger partial charge in [0.05, 0.1) is 5.02 Å². The lowest BCUT2D eigenvalue weighted by Crippen LogP contribution is -2.15. The number of rotatable bonds is 9. The molecule has 0 N–H and O–H groups in total. The first-order valence-corrected chi connectivity index (χ1v) is 13.1. The summed E-state index contributed by atoms with van der Waals surface area (Å²) in [7, 11) is 0. The summed E-state index contributed by atoms with van der Waals surface area (Å²) in [5.74, 6) is 1.40. The van der Waals surface area contributed by atoms with Gasteiger partial charge in [-0.15, -0.1) is 0 Å². The highest BCUT2D eigenvalue weighted by Crippen LogP contribution is 2.34. The van der Waals surface area contributed by atoms with Gasteiger partial charge in [-0.25, -0.2) is 4.39 Å². The zero-order chi connectivity index (χ0) is 23.0. The Bertz CT molecular complexity index is 998. The van der Waals surface area contributed by atoms with Crippen LogP contribution in [0.1, 0.15) is 68.6 Å². The topological polar surface area (TPSA) is 0 Å². The molecular formula is C31H36ClF. The lowest BCUT2D eigenvalue weighted by molar-refractivity contribution is 0.253. The molecule has 33 heavy (non-hydrogen) atoms. The molecule has 174 valence electrons. The van der Waals surface area contributed by atoms with E-state index in [9.17, 15) is 4.39 Å². The molecule has 3 aromatic rings. The molecule has 0 heterocycles. The standard InChI is InChI=1S/C31H36ClF/c1-2-3-23-4-6-24(7-5-23)8-9-25-10-12-26(13-11-25)14-15-27-16-18-28(19-17-27)29-20-21-30(32)31(33)22-29/h4-7,16-22,25-26H,2-3,8-15H2,1H3/t25-,26-. The third-order valence-electron chi connectivity index (χ3n) is 7.42. The van der Waals surface area contributed by atoms with Crippen molar-refractivity contribution in [3.8, 4) is 11.1 Å². The van der Waals surface area contributed by atoms with Gasteiger partial charge < -0.3 is 0 Å². The van der Waals surface area contributed by atoms with Gasteiger partial charge in [-0.3, -0.25) is 0 Å². The quantitative estimate of drug-likeness (QED) is 0.297. The average Bonchev–Trinajstić information content (AvgIpc) is 2.85. The fourth-order valence-corrected chi connectivity index (χ4v) is 5.37. The molecule has 0 radical (unpaired) electrons. The molecule has 0 amide bonds. The Morgan fingerprint density at radius 3 is 1.61 bits per heavy atom. The van der Waals surface area contributed by atoms with Crippen LogP contribution in [0.25, 0.3) is 11.1 Å². The van der Waals surface area contributed by atoms with E-state index in [0.717, 1.165) is 29.4 Å². The van der Waals surface area contributed by atoms with Crippen molar-refractivity contribution in [1.82, 2.24) is 0 Å². The van der Waals surface area contributed by atoms with Crippen LogP contribution in [0.3, 0.4) is 0 Å². The fraction of sp³-hybridized carbons (Fsp3) is 0.419. The predicted octanol–water partition coefficient (Wildman–Crippen LogP) is 9.47. The molecule has 0 aliphatic heterocycles. The van der Waals surface area contributed by atoms with Crippen LogP contribution < -0.4 is 0 Å². The molecule has 0 unspecified atom stereocenters. The van der Waals surface area contributed by atoms with Crippen molar-refractivity contribution in [1.29, 1.82) is 0 Å². The van der Waals surface area contributed by atoms with Crippen LogP contribution >= 0.6 is 11.6 Å². The molecule has 1 aliphatic rings. The van der Waals surface area contributed by atoms with Crippen LogP contribution in [0.4, 0.5) is 4.39 Å². The molecule has 1 aliphatic carbocycles. The summed E-state index contributed by atoms with van der Waals surface area (Å²) in [6.45, 7) is 2.24. The second kappa shape index (κ2) is 11.8. The summed E-state index contributed by atoms with van der Waals surface area (Å²) in [5, 5.41) is 0.172. The van der Waals surface area contributed by atoms with Gasteiger partial charge in [-0.1, -0.05) is 105 Å². The van der Waals surface area contributed by atoms with Gasteiger partial charge in [0.25, 0.3) is 0 Å². The maximum absolute atomic E-state index is 13.7. The van der Waals surface area contributed by atoms with E-state index in [2.05, 4.69) is 55.5 Å². The molecule has 0 nitrogen and oxygen atoms in total. The molecule has 0 spiro atoms. The highest BCUT2D eigenvalue weighted by Gasteiger charge is 2.21. The zero-order valence-corrected chi connectivity index (χ0v) is 20.6. The highest BCUT2D eigenvalue weighted by atomic mass is 35.5. The Morgan fingerprint density at radius 1 is 0.667 bits per heavy atom. The molecule has 1 fully saturated rings. The van der Waals surface area contributed by atoms with E-state index in [4.69, 9.17) is 11.6 Å². The Morgan fingerprint density at radius 2 is 1.12 bits per heavy atom. The lowest BCUT2D eigenvalue weighted by atomic mass is 9.77.